The first kappa shape index (κ1) is 12.1. The molecule has 0 saturated heterocycles. The molecule has 4 heteroatoms. The van der Waals surface area contributed by atoms with E-state index in [9.17, 15) is 9.90 Å². The van der Waals surface area contributed by atoms with Crippen LogP contribution in [0.5, 0.6) is 0 Å². The number of fused-ring (bicyclic) bond motifs is 1. The van der Waals surface area contributed by atoms with Gasteiger partial charge in [0.15, 0.2) is 0 Å². The number of carbonyl (C=O) groups excluding carboxylic acids is 1. The Morgan fingerprint density at radius 3 is 3.00 bits per heavy atom. The summed E-state index contributed by atoms with van der Waals surface area (Å²) in [6, 6.07) is 7.60. The summed E-state index contributed by atoms with van der Waals surface area (Å²) < 4.78 is 0. The van der Waals surface area contributed by atoms with Gasteiger partial charge in [0, 0.05) is 19.4 Å². The fourth-order valence-electron chi connectivity index (χ4n) is 2.23. The van der Waals surface area contributed by atoms with Gasteiger partial charge >= 0.3 is 0 Å². The number of aliphatic hydroxyl groups is 1. The molecule has 0 unspecified atom stereocenters. The topological polar surface area (TPSA) is 61.4 Å². The summed E-state index contributed by atoms with van der Waals surface area (Å²) in [4.78, 5) is 11.7. The molecule has 1 aliphatic rings. The first-order valence-corrected chi connectivity index (χ1v) is 5.92. The maximum atomic E-state index is 11.7. The molecular formula is C13H18N2O2. The van der Waals surface area contributed by atoms with Gasteiger partial charge < -0.3 is 15.7 Å². The van der Waals surface area contributed by atoms with E-state index in [1.165, 1.54) is 0 Å². The van der Waals surface area contributed by atoms with Crippen LogP contribution in [-0.2, 0) is 11.2 Å². The van der Waals surface area contributed by atoms with Gasteiger partial charge in [-0.15, -0.1) is 0 Å². The highest BCUT2D eigenvalue weighted by molar-refractivity contribution is 5.77. The van der Waals surface area contributed by atoms with E-state index in [4.69, 9.17) is 0 Å². The third-order valence-corrected chi connectivity index (χ3v) is 3.12. The van der Waals surface area contributed by atoms with Crippen molar-refractivity contribution in [2.24, 2.45) is 0 Å². The summed E-state index contributed by atoms with van der Waals surface area (Å²) in [5, 5.41) is 15.8. The molecule has 0 bridgehead atoms. The Kier molecular flexibility index (Phi) is 3.76. The predicted octanol–water partition coefficient (Wildman–Crippen LogP) is 0.370. The van der Waals surface area contributed by atoms with Crippen molar-refractivity contribution >= 4 is 5.91 Å². The van der Waals surface area contributed by atoms with Crippen molar-refractivity contribution in [3.05, 3.63) is 35.4 Å². The van der Waals surface area contributed by atoms with Crippen molar-refractivity contribution < 1.29 is 9.90 Å². The lowest BCUT2D eigenvalue weighted by Gasteiger charge is -2.17. The smallest absolute Gasteiger partial charge is 0.221 e. The van der Waals surface area contributed by atoms with Crippen LogP contribution in [0.3, 0.4) is 0 Å². The zero-order valence-electron chi connectivity index (χ0n) is 9.94. The summed E-state index contributed by atoms with van der Waals surface area (Å²) in [5.41, 5.74) is 2.16. The molecule has 3 N–H and O–H groups in total. The van der Waals surface area contributed by atoms with Gasteiger partial charge in [0.05, 0.1) is 12.1 Å². The number of nitrogens with one attached hydrogen (secondary N) is 2. The normalized spacial score (nSPS) is 22.2. The second kappa shape index (κ2) is 5.29. The minimum Gasteiger partial charge on any atom is -0.390 e. The molecule has 0 heterocycles. The average molecular weight is 234 g/mol. The van der Waals surface area contributed by atoms with Crippen molar-refractivity contribution in [2.45, 2.75) is 25.0 Å². The van der Waals surface area contributed by atoms with Gasteiger partial charge in [0.2, 0.25) is 5.91 Å². The van der Waals surface area contributed by atoms with Gasteiger partial charge in [-0.25, -0.2) is 0 Å². The van der Waals surface area contributed by atoms with Crippen LogP contribution in [-0.4, -0.2) is 30.7 Å². The second-order valence-electron chi connectivity index (χ2n) is 4.37. The maximum absolute atomic E-state index is 11.7. The maximum Gasteiger partial charge on any atom is 0.221 e. The van der Waals surface area contributed by atoms with E-state index in [1.807, 2.05) is 31.3 Å². The fourth-order valence-corrected chi connectivity index (χ4v) is 2.23. The van der Waals surface area contributed by atoms with Gasteiger partial charge in [0.25, 0.3) is 0 Å². The van der Waals surface area contributed by atoms with Crippen molar-refractivity contribution in [3.8, 4) is 0 Å². The molecule has 0 fully saturated rings. The Labute approximate surface area is 101 Å². The molecule has 0 aromatic heterocycles. The first-order valence-electron chi connectivity index (χ1n) is 5.92. The molecule has 1 aliphatic carbocycles. The van der Waals surface area contributed by atoms with Gasteiger partial charge in [-0.1, -0.05) is 24.3 Å². The minimum absolute atomic E-state index is 0.0277. The number of carbonyl (C=O) groups is 1. The summed E-state index contributed by atoms with van der Waals surface area (Å²) >= 11 is 0. The van der Waals surface area contributed by atoms with E-state index in [0.717, 1.165) is 11.1 Å². The standard InChI is InChI=1S/C13H18N2O2/c1-14-7-6-12(17)15-13-10-5-3-2-4-9(10)8-11(13)16/h2-5,11,13-14,16H,6-8H2,1H3,(H,15,17)/t11-,13+/m0/s1. The Morgan fingerprint density at radius 1 is 1.47 bits per heavy atom. The van der Waals surface area contributed by atoms with Crippen LogP contribution in [0.25, 0.3) is 0 Å². The highest BCUT2D eigenvalue weighted by Crippen LogP contribution is 2.31. The number of benzene rings is 1. The number of aliphatic hydroxyl groups excluding tert-OH is 1. The minimum atomic E-state index is -0.508. The molecule has 0 saturated carbocycles. The van der Waals surface area contributed by atoms with E-state index in [2.05, 4.69) is 10.6 Å². The summed E-state index contributed by atoms with van der Waals surface area (Å²) in [6.45, 7) is 0.649. The van der Waals surface area contributed by atoms with Crippen LogP contribution < -0.4 is 10.6 Å². The third-order valence-electron chi connectivity index (χ3n) is 3.12. The fraction of sp³-hybridized carbons (Fsp3) is 0.462. The average Bonchev–Trinajstić information content (AvgIpc) is 2.64. The van der Waals surface area contributed by atoms with E-state index in [-0.39, 0.29) is 11.9 Å². The monoisotopic (exact) mass is 234 g/mol. The molecule has 1 aromatic carbocycles. The molecular weight excluding hydrogens is 216 g/mol. The number of amides is 1. The van der Waals surface area contributed by atoms with Gasteiger partial charge in [0.1, 0.15) is 0 Å². The molecule has 4 nitrogen and oxygen atoms in total. The lowest BCUT2D eigenvalue weighted by molar-refractivity contribution is -0.122. The van der Waals surface area contributed by atoms with E-state index < -0.39 is 6.10 Å². The van der Waals surface area contributed by atoms with Crippen LogP contribution in [0.15, 0.2) is 24.3 Å². The third kappa shape index (κ3) is 2.65. The van der Waals surface area contributed by atoms with Gasteiger partial charge in [-0.05, 0) is 18.2 Å². The SMILES string of the molecule is CNCCC(=O)N[C@@H]1c2ccccc2C[C@@H]1O. The molecule has 92 valence electrons. The van der Waals surface area contributed by atoms with Crippen molar-refractivity contribution in [2.75, 3.05) is 13.6 Å². The van der Waals surface area contributed by atoms with Gasteiger partial charge in [-0.3, -0.25) is 4.79 Å². The highest BCUT2D eigenvalue weighted by atomic mass is 16.3. The Bertz CT molecular complexity index is 406. The lowest BCUT2D eigenvalue weighted by atomic mass is 10.1. The van der Waals surface area contributed by atoms with Crippen LogP contribution in [0.1, 0.15) is 23.6 Å². The molecule has 2 rings (SSSR count). The Balaban J connectivity index is 2.04. The van der Waals surface area contributed by atoms with Crippen molar-refractivity contribution in [1.82, 2.24) is 10.6 Å². The Morgan fingerprint density at radius 2 is 2.24 bits per heavy atom. The molecule has 0 radical (unpaired) electrons. The molecule has 17 heavy (non-hydrogen) atoms. The summed E-state index contributed by atoms with van der Waals surface area (Å²) in [6.07, 6.45) is 0.542. The largest absolute Gasteiger partial charge is 0.390 e. The Hall–Kier alpha value is -1.39. The predicted molar refractivity (Wildman–Crippen MR) is 65.6 cm³/mol. The molecule has 1 aromatic rings. The molecule has 2 atom stereocenters. The van der Waals surface area contributed by atoms with E-state index in [1.54, 1.807) is 0 Å². The number of hydrogen-bond acceptors (Lipinski definition) is 3. The van der Waals surface area contributed by atoms with Crippen LogP contribution in [0, 0.1) is 0 Å². The second-order valence-corrected chi connectivity index (χ2v) is 4.37. The lowest BCUT2D eigenvalue weighted by Crippen LogP contribution is -2.35. The van der Waals surface area contributed by atoms with Crippen LogP contribution in [0.2, 0.25) is 0 Å². The number of rotatable bonds is 4. The zero-order chi connectivity index (χ0) is 12.3. The van der Waals surface area contributed by atoms with Crippen molar-refractivity contribution in [1.29, 1.82) is 0 Å². The van der Waals surface area contributed by atoms with E-state index >= 15 is 0 Å². The van der Waals surface area contributed by atoms with Crippen LogP contribution in [0.4, 0.5) is 0 Å². The quantitative estimate of drug-likeness (QED) is 0.705. The molecule has 0 spiro atoms. The molecule has 0 aliphatic heterocycles. The number of hydrogen-bond donors (Lipinski definition) is 3. The van der Waals surface area contributed by atoms with Crippen LogP contribution >= 0.6 is 0 Å². The summed E-state index contributed by atoms with van der Waals surface area (Å²) in [5.74, 6) is -0.0277. The first-order chi connectivity index (χ1) is 8.22. The van der Waals surface area contributed by atoms with Gasteiger partial charge in [-0.2, -0.15) is 0 Å². The highest BCUT2D eigenvalue weighted by Gasteiger charge is 2.31. The summed E-state index contributed by atoms with van der Waals surface area (Å²) in [7, 11) is 1.81. The van der Waals surface area contributed by atoms with Crippen molar-refractivity contribution in [3.63, 3.8) is 0 Å². The van der Waals surface area contributed by atoms with E-state index in [0.29, 0.717) is 19.4 Å². The zero-order valence-corrected chi connectivity index (χ0v) is 9.94. The molecule has 1 amide bonds.